The predicted molar refractivity (Wildman–Crippen MR) is 82.8 cm³/mol. The molecule has 110 valence electrons. The van der Waals surface area contributed by atoms with Crippen LogP contribution >= 0.6 is 11.3 Å². The van der Waals surface area contributed by atoms with Crippen molar-refractivity contribution in [1.82, 2.24) is 0 Å². The Hall–Kier alpha value is -1.07. The van der Waals surface area contributed by atoms with Gasteiger partial charge in [0, 0.05) is 25.1 Å². The highest BCUT2D eigenvalue weighted by Crippen LogP contribution is 2.52. The SMILES string of the molecule is CCC(=O)c1sc(N2CCC(C)(O)C2)c(C2CC2)c1N. The molecule has 2 aliphatic rings. The van der Waals surface area contributed by atoms with Crippen molar-refractivity contribution in [3.63, 3.8) is 0 Å². The number of nitrogens with two attached hydrogens (primary N) is 1. The summed E-state index contributed by atoms with van der Waals surface area (Å²) in [7, 11) is 0. The molecule has 0 spiro atoms. The fraction of sp³-hybridized carbons (Fsp3) is 0.667. The van der Waals surface area contributed by atoms with Gasteiger partial charge in [0.15, 0.2) is 5.78 Å². The smallest absolute Gasteiger partial charge is 0.174 e. The van der Waals surface area contributed by atoms with Crippen LogP contribution < -0.4 is 10.6 Å². The van der Waals surface area contributed by atoms with Gasteiger partial charge in [-0.3, -0.25) is 4.79 Å². The minimum atomic E-state index is -0.630. The van der Waals surface area contributed by atoms with Gasteiger partial charge >= 0.3 is 0 Å². The van der Waals surface area contributed by atoms with Crippen molar-refractivity contribution in [1.29, 1.82) is 0 Å². The minimum absolute atomic E-state index is 0.131. The van der Waals surface area contributed by atoms with E-state index < -0.39 is 5.60 Å². The lowest BCUT2D eigenvalue weighted by molar-refractivity contribution is 0.0839. The maximum atomic E-state index is 12.0. The largest absolute Gasteiger partial charge is 0.397 e. The Balaban J connectivity index is 1.99. The van der Waals surface area contributed by atoms with E-state index in [9.17, 15) is 9.90 Å². The molecule has 1 aromatic heterocycles. The average molecular weight is 294 g/mol. The number of nitrogens with zero attached hydrogens (tertiary/aromatic N) is 1. The van der Waals surface area contributed by atoms with Gasteiger partial charge in [0.2, 0.25) is 0 Å². The Morgan fingerprint density at radius 1 is 1.55 bits per heavy atom. The second-order valence-electron chi connectivity index (χ2n) is 6.28. The molecule has 3 N–H and O–H groups in total. The van der Waals surface area contributed by atoms with E-state index in [4.69, 9.17) is 5.73 Å². The molecule has 1 unspecified atom stereocenters. The van der Waals surface area contributed by atoms with Crippen LogP contribution in [-0.4, -0.2) is 29.6 Å². The van der Waals surface area contributed by atoms with Gasteiger partial charge in [-0.05, 0) is 32.1 Å². The highest BCUT2D eigenvalue weighted by molar-refractivity contribution is 7.19. The van der Waals surface area contributed by atoms with E-state index >= 15 is 0 Å². The number of carbonyl (C=O) groups excluding carboxylic acids is 1. The predicted octanol–water partition coefficient (Wildman–Crippen LogP) is 2.76. The van der Waals surface area contributed by atoms with E-state index in [2.05, 4.69) is 4.90 Å². The van der Waals surface area contributed by atoms with Crippen LogP contribution in [-0.2, 0) is 0 Å². The summed E-state index contributed by atoms with van der Waals surface area (Å²) in [6.45, 7) is 5.22. The monoisotopic (exact) mass is 294 g/mol. The molecule has 4 nitrogen and oxygen atoms in total. The molecule has 0 radical (unpaired) electrons. The molecule has 5 heteroatoms. The van der Waals surface area contributed by atoms with Crippen LogP contribution in [0.2, 0.25) is 0 Å². The standard InChI is InChI=1S/C15H22N2O2S/c1-3-10(18)13-12(16)11(9-4-5-9)14(20-13)17-7-6-15(2,19)8-17/h9,19H,3-8,16H2,1-2H3. The number of anilines is 2. The summed E-state index contributed by atoms with van der Waals surface area (Å²) in [5.41, 5.74) is 7.50. The lowest BCUT2D eigenvalue weighted by atomic mass is 10.1. The van der Waals surface area contributed by atoms with Gasteiger partial charge in [0.1, 0.15) is 0 Å². The van der Waals surface area contributed by atoms with E-state index in [1.165, 1.54) is 16.9 Å². The molecule has 0 bridgehead atoms. The Morgan fingerprint density at radius 2 is 2.25 bits per heavy atom. The maximum absolute atomic E-state index is 12.0. The average Bonchev–Trinajstić information content (AvgIpc) is 3.08. The molecule has 1 aliphatic heterocycles. The first kappa shape index (κ1) is 13.9. The first-order chi connectivity index (χ1) is 9.43. The van der Waals surface area contributed by atoms with Gasteiger partial charge in [-0.2, -0.15) is 0 Å². The summed E-state index contributed by atoms with van der Waals surface area (Å²) < 4.78 is 0. The first-order valence-corrected chi connectivity index (χ1v) is 8.17. The zero-order chi connectivity index (χ0) is 14.5. The molecule has 1 aliphatic carbocycles. The van der Waals surface area contributed by atoms with Crippen LogP contribution in [0.15, 0.2) is 0 Å². The lowest BCUT2D eigenvalue weighted by Crippen LogP contribution is -2.29. The second kappa shape index (κ2) is 4.74. The van der Waals surface area contributed by atoms with Crippen molar-refractivity contribution in [2.24, 2.45) is 0 Å². The van der Waals surface area contributed by atoms with Crippen molar-refractivity contribution in [3.8, 4) is 0 Å². The molecule has 3 rings (SSSR count). The molecule has 1 saturated carbocycles. The number of hydrogen-bond acceptors (Lipinski definition) is 5. The van der Waals surface area contributed by atoms with Gasteiger partial charge in [-0.1, -0.05) is 6.92 Å². The van der Waals surface area contributed by atoms with Gasteiger partial charge in [0.05, 0.1) is 21.2 Å². The van der Waals surface area contributed by atoms with Crippen molar-refractivity contribution >= 4 is 27.8 Å². The van der Waals surface area contributed by atoms with E-state index in [0.29, 0.717) is 24.6 Å². The van der Waals surface area contributed by atoms with Crippen LogP contribution in [0.1, 0.15) is 60.7 Å². The van der Waals surface area contributed by atoms with Gasteiger partial charge in [0.25, 0.3) is 0 Å². The highest BCUT2D eigenvalue weighted by atomic mass is 32.1. The molecule has 0 aromatic carbocycles. The van der Waals surface area contributed by atoms with Crippen LogP contribution in [0, 0.1) is 0 Å². The maximum Gasteiger partial charge on any atom is 0.174 e. The number of β-amino-alcohol motifs (C(OH)–C–C–N with tert-alkyl or cyclic N) is 1. The normalized spacial score (nSPS) is 26.2. The third-order valence-electron chi connectivity index (χ3n) is 4.26. The Kier molecular flexibility index (Phi) is 3.29. The molecule has 0 amide bonds. The molecule has 1 atom stereocenters. The number of carbonyl (C=O) groups is 1. The van der Waals surface area contributed by atoms with Crippen molar-refractivity contribution in [2.75, 3.05) is 23.7 Å². The van der Waals surface area contributed by atoms with Crippen LogP contribution in [0.4, 0.5) is 10.7 Å². The number of nitrogen functional groups attached to an aromatic ring is 1. The number of thiophene rings is 1. The topological polar surface area (TPSA) is 66.6 Å². The molecule has 2 heterocycles. The van der Waals surface area contributed by atoms with E-state index in [1.54, 1.807) is 0 Å². The minimum Gasteiger partial charge on any atom is -0.397 e. The number of Topliss-reactive ketones (excluding diaryl/α,β-unsaturated/α-hetero) is 1. The molecule has 1 aromatic rings. The van der Waals surface area contributed by atoms with E-state index in [-0.39, 0.29) is 5.78 Å². The summed E-state index contributed by atoms with van der Waals surface area (Å²) in [5, 5.41) is 11.3. The van der Waals surface area contributed by atoms with Gasteiger partial charge in [-0.15, -0.1) is 11.3 Å². The lowest BCUT2D eigenvalue weighted by Gasteiger charge is -2.20. The van der Waals surface area contributed by atoms with E-state index in [1.807, 2.05) is 13.8 Å². The highest BCUT2D eigenvalue weighted by Gasteiger charge is 2.38. The number of aliphatic hydroxyl groups is 1. The Labute approximate surface area is 123 Å². The summed E-state index contributed by atoms with van der Waals surface area (Å²) in [4.78, 5) is 15.0. The van der Waals surface area contributed by atoms with Crippen LogP contribution in [0.5, 0.6) is 0 Å². The van der Waals surface area contributed by atoms with Crippen molar-refractivity contribution in [3.05, 3.63) is 10.4 Å². The molecular weight excluding hydrogens is 272 g/mol. The third-order valence-corrected chi connectivity index (χ3v) is 5.59. The summed E-state index contributed by atoms with van der Waals surface area (Å²) in [6, 6.07) is 0. The van der Waals surface area contributed by atoms with Crippen LogP contribution in [0.3, 0.4) is 0 Å². The summed E-state index contributed by atoms with van der Waals surface area (Å²) >= 11 is 1.53. The second-order valence-corrected chi connectivity index (χ2v) is 7.28. The Bertz CT molecular complexity index is 546. The summed E-state index contributed by atoms with van der Waals surface area (Å²) in [5.74, 6) is 0.650. The fourth-order valence-electron chi connectivity index (χ4n) is 2.93. The fourth-order valence-corrected chi connectivity index (χ4v) is 4.27. The van der Waals surface area contributed by atoms with Crippen molar-refractivity contribution < 1.29 is 9.90 Å². The number of hydrogen-bond donors (Lipinski definition) is 2. The quantitative estimate of drug-likeness (QED) is 0.838. The molecule has 1 saturated heterocycles. The summed E-state index contributed by atoms with van der Waals surface area (Å²) in [6.07, 6.45) is 3.59. The molecule has 2 fully saturated rings. The van der Waals surface area contributed by atoms with Crippen molar-refractivity contribution in [2.45, 2.75) is 51.0 Å². The third kappa shape index (κ3) is 2.33. The zero-order valence-electron chi connectivity index (χ0n) is 12.1. The van der Waals surface area contributed by atoms with E-state index in [0.717, 1.165) is 35.7 Å². The number of rotatable bonds is 4. The van der Waals surface area contributed by atoms with Gasteiger partial charge in [-0.25, -0.2) is 0 Å². The zero-order valence-corrected chi connectivity index (χ0v) is 12.9. The number of ketones is 1. The molecular formula is C15H22N2O2S. The Morgan fingerprint density at radius 3 is 2.75 bits per heavy atom. The molecule has 20 heavy (non-hydrogen) atoms. The van der Waals surface area contributed by atoms with Crippen LogP contribution in [0.25, 0.3) is 0 Å². The first-order valence-electron chi connectivity index (χ1n) is 7.35. The van der Waals surface area contributed by atoms with Gasteiger partial charge < -0.3 is 15.7 Å².